The molecule has 0 bridgehead atoms. The van der Waals surface area contributed by atoms with Gasteiger partial charge in [0.2, 0.25) is 0 Å². The molecule has 0 saturated heterocycles. The van der Waals surface area contributed by atoms with Crippen molar-refractivity contribution in [1.82, 2.24) is 0 Å². The van der Waals surface area contributed by atoms with Gasteiger partial charge in [-0.05, 0) is 50.7 Å². The highest BCUT2D eigenvalue weighted by Gasteiger charge is 2.42. The number of ketones is 1. The lowest BCUT2D eigenvalue weighted by molar-refractivity contribution is 0.00113. The van der Waals surface area contributed by atoms with Crippen LogP contribution in [0, 0.1) is 12.8 Å². The summed E-state index contributed by atoms with van der Waals surface area (Å²) in [4.78, 5) is 12.4. The van der Waals surface area contributed by atoms with Gasteiger partial charge in [-0.3, -0.25) is 4.79 Å². The van der Waals surface area contributed by atoms with E-state index in [2.05, 4.69) is 6.92 Å². The molecule has 0 N–H and O–H groups in total. The molecule has 1 fully saturated rings. The Bertz CT molecular complexity index is 510. The maximum Gasteiger partial charge on any atom is 0.170 e. The summed E-state index contributed by atoms with van der Waals surface area (Å²) in [5.74, 6) is 1.91. The fourth-order valence-electron chi connectivity index (χ4n) is 3.79. The number of benzene rings is 1. The van der Waals surface area contributed by atoms with E-state index in [4.69, 9.17) is 4.74 Å². The molecule has 1 aliphatic heterocycles. The molecule has 20 heavy (non-hydrogen) atoms. The lowest BCUT2D eigenvalue weighted by Gasteiger charge is -2.43. The third-order valence-electron chi connectivity index (χ3n) is 4.96. The van der Waals surface area contributed by atoms with Crippen LogP contribution in [-0.4, -0.2) is 11.4 Å². The molecule has 1 aromatic rings. The smallest absolute Gasteiger partial charge is 0.170 e. The molecule has 3 rings (SSSR count). The Morgan fingerprint density at radius 3 is 2.75 bits per heavy atom. The van der Waals surface area contributed by atoms with Crippen molar-refractivity contribution in [2.45, 2.75) is 64.4 Å². The molecule has 0 radical (unpaired) electrons. The zero-order valence-corrected chi connectivity index (χ0v) is 12.6. The highest BCUT2D eigenvalue weighted by Crippen LogP contribution is 2.44. The summed E-state index contributed by atoms with van der Waals surface area (Å²) in [7, 11) is 0. The molecule has 2 heteroatoms. The van der Waals surface area contributed by atoms with Gasteiger partial charge in [0.15, 0.2) is 5.78 Å². The van der Waals surface area contributed by atoms with E-state index in [-0.39, 0.29) is 11.4 Å². The number of aryl methyl sites for hydroxylation is 1. The van der Waals surface area contributed by atoms with Crippen molar-refractivity contribution in [2.75, 3.05) is 0 Å². The quantitative estimate of drug-likeness (QED) is 0.780. The van der Waals surface area contributed by atoms with Crippen LogP contribution in [0.1, 0.15) is 67.8 Å². The predicted octanol–water partition coefficient (Wildman–Crippen LogP) is 4.69. The minimum absolute atomic E-state index is 0.205. The topological polar surface area (TPSA) is 26.3 Å². The normalized spacial score (nSPS) is 29.1. The first kappa shape index (κ1) is 13.7. The maximum atomic E-state index is 12.4. The van der Waals surface area contributed by atoms with Crippen LogP contribution in [0.2, 0.25) is 0 Å². The molecule has 0 atom stereocenters. The summed E-state index contributed by atoms with van der Waals surface area (Å²) in [6.07, 6.45) is 7.65. The van der Waals surface area contributed by atoms with E-state index >= 15 is 0 Å². The Morgan fingerprint density at radius 2 is 2.05 bits per heavy atom. The molecule has 0 aromatic heterocycles. The molecule has 1 aliphatic carbocycles. The van der Waals surface area contributed by atoms with E-state index < -0.39 is 0 Å². The third-order valence-corrected chi connectivity index (χ3v) is 4.96. The minimum atomic E-state index is -0.205. The van der Waals surface area contributed by atoms with Crippen LogP contribution in [0.25, 0.3) is 0 Å². The first-order chi connectivity index (χ1) is 9.62. The van der Waals surface area contributed by atoms with Crippen molar-refractivity contribution in [3.63, 3.8) is 0 Å². The fourth-order valence-corrected chi connectivity index (χ4v) is 3.79. The second-order valence-electron chi connectivity index (χ2n) is 6.62. The monoisotopic (exact) mass is 272 g/mol. The van der Waals surface area contributed by atoms with Gasteiger partial charge in [-0.25, -0.2) is 0 Å². The Labute approximate surface area is 121 Å². The number of carbonyl (C=O) groups is 1. The van der Waals surface area contributed by atoms with Crippen molar-refractivity contribution in [1.29, 1.82) is 0 Å². The zero-order valence-electron chi connectivity index (χ0n) is 12.6. The van der Waals surface area contributed by atoms with Gasteiger partial charge in [0.25, 0.3) is 0 Å². The van der Waals surface area contributed by atoms with Gasteiger partial charge < -0.3 is 4.74 Å². The molecular weight excluding hydrogens is 248 g/mol. The lowest BCUT2D eigenvalue weighted by Crippen LogP contribution is -2.45. The standard InChI is InChI=1S/C18H24O2/c1-3-4-14-7-9-18(10-8-14)12-16(19)15-11-13(2)5-6-17(15)20-18/h5-6,11,14H,3-4,7-10,12H2,1-2H3. The number of fused-ring (bicyclic) bond motifs is 1. The van der Waals surface area contributed by atoms with Crippen molar-refractivity contribution in [3.8, 4) is 5.75 Å². The van der Waals surface area contributed by atoms with Gasteiger partial charge in [0.1, 0.15) is 11.4 Å². The van der Waals surface area contributed by atoms with Crippen LogP contribution in [0.3, 0.4) is 0 Å². The molecule has 2 aliphatic rings. The lowest BCUT2D eigenvalue weighted by atomic mass is 9.73. The highest BCUT2D eigenvalue weighted by atomic mass is 16.5. The van der Waals surface area contributed by atoms with Crippen LogP contribution in [0.15, 0.2) is 18.2 Å². The first-order valence-electron chi connectivity index (χ1n) is 7.95. The number of Topliss-reactive ketones (excluding diaryl/α,β-unsaturated/α-hetero) is 1. The minimum Gasteiger partial charge on any atom is -0.486 e. The molecule has 0 unspecified atom stereocenters. The highest BCUT2D eigenvalue weighted by molar-refractivity contribution is 6.00. The number of ether oxygens (including phenoxy) is 1. The number of hydrogen-bond acceptors (Lipinski definition) is 2. The number of rotatable bonds is 2. The molecule has 1 saturated carbocycles. The first-order valence-corrected chi connectivity index (χ1v) is 7.95. The van der Waals surface area contributed by atoms with Crippen LogP contribution < -0.4 is 4.74 Å². The van der Waals surface area contributed by atoms with E-state index in [1.807, 2.05) is 25.1 Å². The van der Waals surface area contributed by atoms with Crippen molar-refractivity contribution in [2.24, 2.45) is 5.92 Å². The van der Waals surface area contributed by atoms with E-state index in [1.54, 1.807) is 0 Å². The molecule has 2 nitrogen and oxygen atoms in total. The van der Waals surface area contributed by atoms with Crippen LogP contribution in [0.5, 0.6) is 5.75 Å². The third kappa shape index (κ3) is 2.48. The van der Waals surface area contributed by atoms with Crippen LogP contribution in [-0.2, 0) is 0 Å². The summed E-state index contributed by atoms with van der Waals surface area (Å²) in [5, 5.41) is 0. The molecule has 0 amide bonds. The molecule has 1 heterocycles. The SMILES string of the molecule is CCCC1CCC2(CC1)CC(=O)c1cc(C)ccc1O2. The van der Waals surface area contributed by atoms with E-state index in [0.29, 0.717) is 6.42 Å². The van der Waals surface area contributed by atoms with E-state index in [9.17, 15) is 4.79 Å². The summed E-state index contributed by atoms with van der Waals surface area (Å²) < 4.78 is 6.29. The van der Waals surface area contributed by atoms with Crippen molar-refractivity contribution in [3.05, 3.63) is 29.3 Å². The van der Waals surface area contributed by atoms with Gasteiger partial charge in [-0.1, -0.05) is 31.4 Å². The largest absolute Gasteiger partial charge is 0.486 e. The number of carbonyl (C=O) groups excluding carboxylic acids is 1. The Hall–Kier alpha value is -1.31. The molecule has 1 spiro atoms. The predicted molar refractivity (Wildman–Crippen MR) is 80.4 cm³/mol. The average Bonchev–Trinajstić information content (AvgIpc) is 2.43. The van der Waals surface area contributed by atoms with Crippen LogP contribution in [0.4, 0.5) is 0 Å². The van der Waals surface area contributed by atoms with Gasteiger partial charge in [0.05, 0.1) is 12.0 Å². The Kier molecular flexibility index (Phi) is 3.57. The summed E-state index contributed by atoms with van der Waals surface area (Å²) in [5.41, 5.74) is 1.71. The van der Waals surface area contributed by atoms with Gasteiger partial charge >= 0.3 is 0 Å². The summed E-state index contributed by atoms with van der Waals surface area (Å²) in [6.45, 7) is 4.28. The van der Waals surface area contributed by atoms with Crippen LogP contribution >= 0.6 is 0 Å². The summed E-state index contributed by atoms with van der Waals surface area (Å²) in [6, 6.07) is 5.97. The summed E-state index contributed by atoms with van der Waals surface area (Å²) >= 11 is 0. The molecule has 108 valence electrons. The van der Waals surface area contributed by atoms with Crippen molar-refractivity contribution >= 4 is 5.78 Å². The second-order valence-corrected chi connectivity index (χ2v) is 6.62. The Balaban J connectivity index is 1.78. The molecule has 1 aromatic carbocycles. The average molecular weight is 272 g/mol. The second kappa shape index (κ2) is 5.23. The number of hydrogen-bond donors (Lipinski definition) is 0. The van der Waals surface area contributed by atoms with Gasteiger partial charge in [-0.15, -0.1) is 0 Å². The van der Waals surface area contributed by atoms with Crippen molar-refractivity contribution < 1.29 is 9.53 Å². The van der Waals surface area contributed by atoms with Gasteiger partial charge in [-0.2, -0.15) is 0 Å². The van der Waals surface area contributed by atoms with E-state index in [0.717, 1.165) is 35.6 Å². The van der Waals surface area contributed by atoms with E-state index in [1.165, 1.54) is 25.7 Å². The maximum absolute atomic E-state index is 12.4. The Morgan fingerprint density at radius 1 is 1.30 bits per heavy atom. The molecular formula is C18H24O2. The zero-order chi connectivity index (χ0) is 14.2. The van der Waals surface area contributed by atoms with Gasteiger partial charge in [0, 0.05) is 0 Å². The fraction of sp³-hybridized carbons (Fsp3) is 0.611.